The standard InChI is InChI=1S/C4H10Cl2Si2/c1-4(5)3-8(2,6)7-4/h3,7H2,1-2H3. The van der Waals surface area contributed by atoms with Gasteiger partial charge in [-0.2, -0.15) is 11.1 Å². The van der Waals surface area contributed by atoms with Crippen molar-refractivity contribution in [2.75, 3.05) is 0 Å². The first-order valence-electron chi connectivity index (χ1n) is 2.79. The van der Waals surface area contributed by atoms with Crippen LogP contribution in [-0.2, 0) is 0 Å². The maximum atomic E-state index is 6.11. The molecule has 0 aromatic carbocycles. The van der Waals surface area contributed by atoms with Crippen molar-refractivity contribution < 1.29 is 0 Å². The van der Waals surface area contributed by atoms with Gasteiger partial charge >= 0.3 is 0 Å². The van der Waals surface area contributed by atoms with E-state index in [2.05, 4.69) is 13.5 Å². The highest BCUT2D eigenvalue weighted by Crippen LogP contribution is 2.40. The first kappa shape index (κ1) is 7.12. The molecule has 1 aliphatic rings. The molecule has 0 bridgehead atoms. The molecule has 48 valence electrons. The summed E-state index contributed by atoms with van der Waals surface area (Å²) in [6.45, 7) is 3.24. The number of hydrogen-bond acceptors (Lipinski definition) is 0. The van der Waals surface area contributed by atoms with Gasteiger partial charge in [-0.3, -0.25) is 0 Å². The summed E-state index contributed by atoms with van der Waals surface area (Å²) in [4.78, 5) is 0. The molecule has 0 aromatic heterocycles. The summed E-state index contributed by atoms with van der Waals surface area (Å²) < 4.78 is 0.197. The van der Waals surface area contributed by atoms with E-state index in [9.17, 15) is 0 Å². The molecule has 2 unspecified atom stereocenters. The highest BCUT2D eigenvalue weighted by Gasteiger charge is 2.48. The highest BCUT2D eigenvalue weighted by atomic mass is 35.6. The lowest BCUT2D eigenvalue weighted by Gasteiger charge is -2.42. The Balaban J connectivity index is 2.42. The van der Waals surface area contributed by atoms with Gasteiger partial charge in [-0.1, -0.05) is 6.55 Å². The number of alkyl halides is 1. The molecule has 0 nitrogen and oxygen atoms in total. The molecule has 1 fully saturated rings. The highest BCUT2D eigenvalue weighted by molar-refractivity contribution is 7.52. The molecule has 0 amide bonds. The topological polar surface area (TPSA) is 0 Å². The first-order valence-corrected chi connectivity index (χ1v) is 9.92. The van der Waals surface area contributed by atoms with E-state index in [0.29, 0.717) is 0 Å². The normalized spacial score (nSPS) is 58.5. The van der Waals surface area contributed by atoms with Crippen LogP contribution < -0.4 is 0 Å². The molecule has 8 heavy (non-hydrogen) atoms. The third-order valence-electron chi connectivity index (χ3n) is 1.47. The molecule has 2 atom stereocenters. The summed E-state index contributed by atoms with van der Waals surface area (Å²) in [7, 11) is -0.0694. The molecule has 1 saturated heterocycles. The van der Waals surface area contributed by atoms with Crippen molar-refractivity contribution in [3.8, 4) is 0 Å². The molecule has 0 aliphatic carbocycles. The van der Waals surface area contributed by atoms with Crippen LogP contribution in [0.3, 0.4) is 0 Å². The summed E-state index contributed by atoms with van der Waals surface area (Å²) in [5.74, 6) is 0. The quantitative estimate of drug-likeness (QED) is 0.304. The molecule has 0 saturated carbocycles. The zero-order valence-electron chi connectivity index (χ0n) is 5.17. The van der Waals surface area contributed by atoms with Gasteiger partial charge in [0.1, 0.15) is 6.90 Å². The number of rotatable bonds is 0. The van der Waals surface area contributed by atoms with Crippen LogP contribution in [0.5, 0.6) is 0 Å². The Hall–Kier alpha value is 1.01. The molecular weight excluding hydrogens is 175 g/mol. The molecule has 1 aliphatic heterocycles. The second-order valence-corrected chi connectivity index (χ2v) is 19.5. The van der Waals surface area contributed by atoms with Crippen LogP contribution in [-0.4, -0.2) is 20.4 Å². The van der Waals surface area contributed by atoms with Crippen LogP contribution in [0.1, 0.15) is 6.92 Å². The fraction of sp³-hybridized carbons (Fsp3) is 1.00. The van der Waals surface area contributed by atoms with E-state index in [1.54, 1.807) is 0 Å². The van der Waals surface area contributed by atoms with Gasteiger partial charge in [0.15, 0.2) is 0 Å². The second-order valence-electron chi connectivity index (χ2n) is 3.18. The van der Waals surface area contributed by atoms with Crippen molar-refractivity contribution in [3.05, 3.63) is 0 Å². The SMILES string of the molecule is CC1(Cl)C[Si](C)(Cl)[SiH2]1. The minimum absolute atomic E-state index is 0.0694. The molecule has 1 heterocycles. The fourth-order valence-electron chi connectivity index (χ4n) is 1.49. The summed E-state index contributed by atoms with van der Waals surface area (Å²) >= 11 is 12.1. The molecule has 1 rings (SSSR count). The van der Waals surface area contributed by atoms with E-state index in [0.717, 1.165) is 6.04 Å². The van der Waals surface area contributed by atoms with Gasteiger partial charge in [-0.05, 0) is 13.0 Å². The third-order valence-corrected chi connectivity index (χ3v) is 13.6. The zero-order chi connectivity index (χ0) is 6.41. The van der Waals surface area contributed by atoms with Crippen LogP contribution in [0.25, 0.3) is 0 Å². The van der Waals surface area contributed by atoms with E-state index >= 15 is 0 Å². The Bertz CT molecular complexity index is 88.6. The van der Waals surface area contributed by atoms with Crippen molar-refractivity contribution in [2.45, 2.75) is 24.0 Å². The molecule has 4 heteroatoms. The van der Waals surface area contributed by atoms with Gasteiger partial charge in [-0.25, -0.2) is 0 Å². The maximum absolute atomic E-state index is 6.11. The van der Waals surface area contributed by atoms with Crippen LogP contribution in [0.15, 0.2) is 0 Å². The average Bonchev–Trinajstić information content (AvgIpc) is 1.20. The zero-order valence-corrected chi connectivity index (χ0v) is 9.10. The number of halogens is 2. The van der Waals surface area contributed by atoms with E-state index in [1.807, 2.05) is 0 Å². The predicted molar refractivity (Wildman–Crippen MR) is 45.1 cm³/mol. The lowest BCUT2D eigenvalue weighted by atomic mass is 10.5. The largest absolute Gasteiger partial charge is 0.171 e. The van der Waals surface area contributed by atoms with Crippen LogP contribution >= 0.6 is 22.7 Å². The average molecular weight is 185 g/mol. The Morgan fingerprint density at radius 1 is 1.75 bits per heavy atom. The Morgan fingerprint density at radius 2 is 2.12 bits per heavy atom. The summed E-state index contributed by atoms with van der Waals surface area (Å²) in [6, 6.07) is 1.13. The van der Waals surface area contributed by atoms with Gasteiger partial charge in [0.2, 0.25) is 0 Å². The van der Waals surface area contributed by atoms with Crippen LogP contribution in [0.4, 0.5) is 0 Å². The van der Waals surface area contributed by atoms with E-state index in [4.69, 9.17) is 22.7 Å². The van der Waals surface area contributed by atoms with Gasteiger partial charge in [-0.15, -0.1) is 11.6 Å². The third kappa shape index (κ3) is 1.50. The predicted octanol–water partition coefficient (Wildman–Crippen LogP) is 1.43. The van der Waals surface area contributed by atoms with Crippen molar-refractivity contribution in [1.82, 2.24) is 0 Å². The minimum Gasteiger partial charge on any atom is -0.171 e. The Morgan fingerprint density at radius 3 is 2.12 bits per heavy atom. The summed E-state index contributed by atoms with van der Waals surface area (Å²) in [6.07, 6.45) is 0. The molecular formula is C4H10Cl2Si2. The second kappa shape index (κ2) is 1.75. The van der Waals surface area contributed by atoms with Gasteiger partial charge in [0.05, 0.1) is 9.04 Å². The maximum Gasteiger partial charge on any atom is 0.140 e. The summed E-state index contributed by atoms with van der Waals surface area (Å²) in [5, 5.41) is 0. The lowest BCUT2D eigenvalue weighted by molar-refractivity contribution is 0.934. The van der Waals surface area contributed by atoms with E-state index in [1.165, 1.54) is 0 Å². The smallest absolute Gasteiger partial charge is 0.140 e. The lowest BCUT2D eigenvalue weighted by Crippen LogP contribution is -2.58. The Labute approximate surface area is 62.9 Å². The molecule has 0 radical (unpaired) electrons. The van der Waals surface area contributed by atoms with E-state index < -0.39 is 6.90 Å². The van der Waals surface area contributed by atoms with Crippen molar-refractivity contribution in [2.24, 2.45) is 0 Å². The van der Waals surface area contributed by atoms with E-state index in [-0.39, 0.29) is 13.5 Å². The van der Waals surface area contributed by atoms with Crippen molar-refractivity contribution in [1.29, 1.82) is 0 Å². The van der Waals surface area contributed by atoms with Gasteiger partial charge in [0.25, 0.3) is 0 Å². The van der Waals surface area contributed by atoms with Gasteiger partial charge in [0, 0.05) is 4.50 Å². The summed E-state index contributed by atoms with van der Waals surface area (Å²) in [5.41, 5.74) is 0. The minimum atomic E-state index is -1.11. The number of hydrogen-bond donors (Lipinski definition) is 0. The van der Waals surface area contributed by atoms with Crippen LogP contribution in [0.2, 0.25) is 12.6 Å². The molecule has 0 spiro atoms. The fourth-order valence-corrected chi connectivity index (χ4v) is 20.4. The van der Waals surface area contributed by atoms with Gasteiger partial charge < -0.3 is 0 Å². The van der Waals surface area contributed by atoms with Crippen molar-refractivity contribution >= 4 is 38.6 Å². The monoisotopic (exact) mass is 184 g/mol. The van der Waals surface area contributed by atoms with Crippen LogP contribution in [0, 0.1) is 0 Å². The molecule has 0 aromatic rings. The first-order chi connectivity index (χ1) is 3.41. The van der Waals surface area contributed by atoms with Crippen molar-refractivity contribution in [3.63, 3.8) is 0 Å². The Kier molecular flexibility index (Phi) is 1.56. The molecule has 0 N–H and O–H groups in total.